The zero-order valence-corrected chi connectivity index (χ0v) is 12.7. The van der Waals surface area contributed by atoms with E-state index in [4.69, 9.17) is 4.74 Å². The van der Waals surface area contributed by atoms with Gasteiger partial charge in [0, 0.05) is 6.07 Å². The minimum Gasteiger partial charge on any atom is -0.484 e. The molecule has 0 aromatic heterocycles. The van der Waals surface area contributed by atoms with Crippen molar-refractivity contribution in [3.63, 3.8) is 0 Å². The Bertz CT molecular complexity index is 525. The van der Waals surface area contributed by atoms with E-state index >= 15 is 0 Å². The second kappa shape index (κ2) is 7.06. The van der Waals surface area contributed by atoms with E-state index in [0.717, 1.165) is 0 Å². The van der Waals surface area contributed by atoms with E-state index in [1.54, 1.807) is 13.8 Å². The molecule has 0 heterocycles. The highest BCUT2D eigenvalue weighted by atomic mass is 16.6. The number of rotatable bonds is 7. The van der Waals surface area contributed by atoms with Crippen LogP contribution in [0.1, 0.15) is 45.6 Å². The predicted octanol–water partition coefficient (Wildman–Crippen LogP) is 3.60. The Balaban J connectivity index is 3.24. The second-order valence-corrected chi connectivity index (χ2v) is 5.67. The van der Waals surface area contributed by atoms with Crippen LogP contribution in [-0.2, 0) is 4.79 Å². The third-order valence-electron chi connectivity index (χ3n) is 2.95. The summed E-state index contributed by atoms with van der Waals surface area (Å²) in [5.41, 5.74) is 0.374. The highest BCUT2D eigenvalue weighted by molar-refractivity contribution is 5.76. The highest BCUT2D eigenvalue weighted by Crippen LogP contribution is 2.33. The number of carboxylic acid groups (broad SMARTS) is 1. The normalized spacial score (nSPS) is 12.5. The first kappa shape index (κ1) is 16.9. The smallest absolute Gasteiger partial charge is 0.310 e. The highest BCUT2D eigenvalue weighted by Gasteiger charge is 2.25. The molecule has 6 heteroatoms. The van der Waals surface area contributed by atoms with E-state index < -0.39 is 16.8 Å². The molecule has 1 atom stereocenters. The topological polar surface area (TPSA) is 89.7 Å². The maximum atomic E-state index is 11.4. The largest absolute Gasteiger partial charge is 0.484 e. The van der Waals surface area contributed by atoms with Gasteiger partial charge in [-0.2, -0.15) is 0 Å². The average Bonchev–Trinajstić information content (AvgIpc) is 2.34. The fourth-order valence-corrected chi connectivity index (χ4v) is 2.10. The van der Waals surface area contributed by atoms with E-state index in [-0.39, 0.29) is 23.5 Å². The summed E-state index contributed by atoms with van der Waals surface area (Å²) in [7, 11) is 0. The van der Waals surface area contributed by atoms with Crippen molar-refractivity contribution in [2.75, 3.05) is 0 Å². The summed E-state index contributed by atoms with van der Waals surface area (Å²) in [5.74, 6) is -1.31. The van der Waals surface area contributed by atoms with Crippen LogP contribution < -0.4 is 4.74 Å². The van der Waals surface area contributed by atoms with Crippen molar-refractivity contribution in [3.8, 4) is 5.75 Å². The van der Waals surface area contributed by atoms with Crippen LogP contribution in [0.5, 0.6) is 5.75 Å². The van der Waals surface area contributed by atoms with Crippen LogP contribution in [-0.4, -0.2) is 22.1 Å². The summed E-state index contributed by atoms with van der Waals surface area (Å²) in [6.45, 7) is 7.40. The maximum absolute atomic E-state index is 11.4. The molecule has 0 aliphatic carbocycles. The van der Waals surface area contributed by atoms with Crippen molar-refractivity contribution in [3.05, 3.63) is 33.9 Å². The number of nitro groups is 1. The van der Waals surface area contributed by atoms with Crippen molar-refractivity contribution < 1.29 is 19.6 Å². The average molecular weight is 295 g/mol. The lowest BCUT2D eigenvalue weighted by molar-refractivity contribution is -0.386. The van der Waals surface area contributed by atoms with Crippen molar-refractivity contribution in [1.82, 2.24) is 0 Å². The van der Waals surface area contributed by atoms with Gasteiger partial charge >= 0.3 is 11.7 Å². The molecule has 6 nitrogen and oxygen atoms in total. The van der Waals surface area contributed by atoms with Crippen LogP contribution in [0.3, 0.4) is 0 Å². The summed E-state index contributed by atoms with van der Waals surface area (Å²) in [5, 5.41) is 20.4. The molecule has 0 saturated carbocycles. The van der Waals surface area contributed by atoms with Gasteiger partial charge in [-0.15, -0.1) is 0 Å². The van der Waals surface area contributed by atoms with Gasteiger partial charge in [-0.3, -0.25) is 14.9 Å². The summed E-state index contributed by atoms with van der Waals surface area (Å²) >= 11 is 0. The number of benzene rings is 1. The summed E-state index contributed by atoms with van der Waals surface area (Å²) < 4.78 is 5.45. The van der Waals surface area contributed by atoms with Gasteiger partial charge in [-0.1, -0.05) is 19.9 Å². The lowest BCUT2D eigenvalue weighted by atomic mass is 9.90. The van der Waals surface area contributed by atoms with E-state index in [2.05, 4.69) is 0 Å². The van der Waals surface area contributed by atoms with E-state index in [9.17, 15) is 20.0 Å². The van der Waals surface area contributed by atoms with E-state index in [0.29, 0.717) is 12.0 Å². The molecule has 21 heavy (non-hydrogen) atoms. The van der Waals surface area contributed by atoms with Gasteiger partial charge < -0.3 is 9.84 Å². The predicted molar refractivity (Wildman–Crippen MR) is 78.7 cm³/mol. The number of hydrogen-bond acceptors (Lipinski definition) is 4. The van der Waals surface area contributed by atoms with Crippen molar-refractivity contribution in [2.24, 2.45) is 5.92 Å². The Hall–Kier alpha value is -2.11. The minimum atomic E-state index is -0.937. The third kappa shape index (κ3) is 4.73. The SMILES string of the molecule is CC(C)CC(C(=O)O)c1ccc([N+](=O)[O-])c(OC(C)C)c1. The van der Waals surface area contributed by atoms with E-state index in [1.807, 2.05) is 13.8 Å². The Kier molecular flexibility index (Phi) is 5.69. The van der Waals surface area contributed by atoms with Gasteiger partial charge in [0.2, 0.25) is 0 Å². The van der Waals surface area contributed by atoms with Gasteiger partial charge in [-0.05, 0) is 37.8 Å². The van der Waals surface area contributed by atoms with Gasteiger partial charge in [-0.25, -0.2) is 0 Å². The molecular weight excluding hydrogens is 274 g/mol. The van der Waals surface area contributed by atoms with Crippen LogP contribution in [0.15, 0.2) is 18.2 Å². The molecule has 1 aromatic carbocycles. The number of aliphatic carboxylic acids is 1. The van der Waals surface area contributed by atoms with Crippen molar-refractivity contribution in [2.45, 2.75) is 46.1 Å². The Morgan fingerprint density at radius 2 is 1.95 bits per heavy atom. The number of ether oxygens (including phenoxy) is 1. The Labute approximate surface area is 123 Å². The molecule has 0 saturated heterocycles. The molecule has 1 unspecified atom stereocenters. The number of hydrogen-bond donors (Lipinski definition) is 1. The first-order chi connectivity index (χ1) is 9.72. The van der Waals surface area contributed by atoms with Crippen molar-refractivity contribution in [1.29, 1.82) is 0 Å². The van der Waals surface area contributed by atoms with Crippen molar-refractivity contribution >= 4 is 11.7 Å². The molecule has 0 radical (unpaired) electrons. The second-order valence-electron chi connectivity index (χ2n) is 5.67. The molecule has 1 rings (SSSR count). The van der Waals surface area contributed by atoms with Crippen LogP contribution >= 0.6 is 0 Å². The molecular formula is C15H21NO5. The summed E-state index contributed by atoms with van der Waals surface area (Å²) in [6.07, 6.45) is 0.237. The number of nitro benzene ring substituents is 1. The fourth-order valence-electron chi connectivity index (χ4n) is 2.10. The summed E-state index contributed by atoms with van der Waals surface area (Å²) in [4.78, 5) is 21.9. The number of carboxylic acids is 1. The van der Waals surface area contributed by atoms with Crippen LogP contribution in [0.2, 0.25) is 0 Å². The van der Waals surface area contributed by atoms with Crippen LogP contribution in [0.25, 0.3) is 0 Å². The molecule has 116 valence electrons. The number of nitrogens with zero attached hydrogens (tertiary/aromatic N) is 1. The standard InChI is InChI=1S/C15H21NO5/c1-9(2)7-12(15(17)18)11-5-6-13(16(19)20)14(8-11)21-10(3)4/h5-6,8-10,12H,7H2,1-4H3,(H,17,18). The maximum Gasteiger partial charge on any atom is 0.310 e. The molecule has 1 N–H and O–H groups in total. The zero-order valence-electron chi connectivity index (χ0n) is 12.7. The molecule has 0 bridgehead atoms. The quantitative estimate of drug-likeness (QED) is 0.613. The van der Waals surface area contributed by atoms with Gasteiger partial charge in [0.15, 0.2) is 5.75 Å². The first-order valence-corrected chi connectivity index (χ1v) is 6.90. The molecule has 0 fully saturated rings. The molecule has 0 aliphatic heterocycles. The first-order valence-electron chi connectivity index (χ1n) is 6.90. The molecule has 0 aliphatic rings. The lowest BCUT2D eigenvalue weighted by Gasteiger charge is -2.17. The molecule has 0 amide bonds. The van der Waals surface area contributed by atoms with Crippen LogP contribution in [0.4, 0.5) is 5.69 Å². The molecule has 0 spiro atoms. The Morgan fingerprint density at radius 3 is 2.38 bits per heavy atom. The van der Waals surface area contributed by atoms with Gasteiger partial charge in [0.25, 0.3) is 0 Å². The summed E-state index contributed by atoms with van der Waals surface area (Å²) in [6, 6.07) is 4.27. The minimum absolute atomic E-state index is 0.113. The monoisotopic (exact) mass is 295 g/mol. The Morgan fingerprint density at radius 1 is 1.33 bits per heavy atom. The third-order valence-corrected chi connectivity index (χ3v) is 2.95. The molecule has 1 aromatic rings. The fraction of sp³-hybridized carbons (Fsp3) is 0.533. The number of carbonyl (C=O) groups is 1. The van der Waals surface area contributed by atoms with E-state index in [1.165, 1.54) is 18.2 Å². The lowest BCUT2D eigenvalue weighted by Crippen LogP contribution is -2.15. The zero-order chi connectivity index (χ0) is 16.2. The van der Waals surface area contributed by atoms with Gasteiger partial charge in [0.05, 0.1) is 16.9 Å². The van der Waals surface area contributed by atoms with Gasteiger partial charge in [0.1, 0.15) is 0 Å². The van der Waals surface area contributed by atoms with Crippen LogP contribution in [0, 0.1) is 16.0 Å².